The Balaban J connectivity index is 3.11. The number of benzene rings is 2. The zero-order valence-corrected chi connectivity index (χ0v) is 19.2. The lowest BCUT2D eigenvalue weighted by molar-refractivity contribution is -0.288. The minimum absolute atomic E-state index is 0.0172. The molecule has 0 spiro atoms. The first-order valence-electron chi connectivity index (χ1n) is 10.4. The molecular weight excluding hydrogens is 450 g/mol. The topological polar surface area (TPSA) is 38.7 Å². The highest BCUT2D eigenvalue weighted by molar-refractivity contribution is 5.54. The van der Waals surface area contributed by atoms with E-state index in [9.17, 15) is 31.4 Å². The molecule has 0 saturated heterocycles. The van der Waals surface area contributed by atoms with Gasteiger partial charge < -0.3 is 14.6 Å². The number of ether oxygens (including phenoxy) is 2. The van der Waals surface area contributed by atoms with Gasteiger partial charge in [-0.1, -0.05) is 38.1 Å². The monoisotopic (exact) mass is 478 g/mol. The lowest BCUT2D eigenvalue weighted by Crippen LogP contribution is -2.55. The van der Waals surface area contributed by atoms with Crippen molar-refractivity contribution in [2.75, 3.05) is 14.2 Å². The summed E-state index contributed by atoms with van der Waals surface area (Å²) in [5, 5.41) is 10.3. The van der Waals surface area contributed by atoms with Crippen LogP contribution in [-0.2, 0) is 40.9 Å². The van der Waals surface area contributed by atoms with E-state index in [0.29, 0.717) is 5.56 Å². The van der Waals surface area contributed by atoms with Crippen molar-refractivity contribution in [3.05, 3.63) is 63.2 Å². The van der Waals surface area contributed by atoms with Crippen LogP contribution in [0.5, 0.6) is 5.75 Å². The van der Waals surface area contributed by atoms with Crippen molar-refractivity contribution in [2.45, 2.75) is 64.6 Å². The smallest absolute Gasteiger partial charge is 0.411 e. The fraction of sp³-hybridized carbons (Fsp3) is 0.500. The first-order chi connectivity index (χ1) is 15.3. The minimum atomic E-state index is -5.73. The Morgan fingerprint density at radius 2 is 1.03 bits per heavy atom. The molecule has 2 aromatic carbocycles. The van der Waals surface area contributed by atoms with Crippen LogP contribution in [0.15, 0.2) is 24.3 Å². The van der Waals surface area contributed by atoms with Gasteiger partial charge in [0.1, 0.15) is 5.75 Å². The fourth-order valence-corrected chi connectivity index (χ4v) is 4.16. The molecular formula is C24H28F6O3. The summed E-state index contributed by atoms with van der Waals surface area (Å²) in [6, 6.07) is 3.43. The number of phenolic OH excluding ortho intramolecular Hbond substituents is 1. The summed E-state index contributed by atoms with van der Waals surface area (Å²) in [6.45, 7) is 4.37. The predicted molar refractivity (Wildman–Crippen MR) is 112 cm³/mol. The largest absolute Gasteiger partial charge is 0.507 e. The second-order valence-electron chi connectivity index (χ2n) is 7.88. The first-order valence-corrected chi connectivity index (χ1v) is 10.4. The van der Waals surface area contributed by atoms with Gasteiger partial charge in [0, 0.05) is 14.2 Å². The van der Waals surface area contributed by atoms with Crippen molar-refractivity contribution < 1.29 is 40.9 Å². The lowest BCUT2D eigenvalue weighted by Gasteiger charge is -2.39. The Hall–Kier alpha value is -2.26. The molecule has 0 saturated carbocycles. The van der Waals surface area contributed by atoms with E-state index in [1.807, 2.05) is 0 Å². The van der Waals surface area contributed by atoms with E-state index in [4.69, 9.17) is 9.47 Å². The number of halogens is 6. The summed E-state index contributed by atoms with van der Waals surface area (Å²) in [6.07, 6.45) is -11.3. The summed E-state index contributed by atoms with van der Waals surface area (Å²) in [5.41, 5.74) is -5.34. The van der Waals surface area contributed by atoms with Crippen LogP contribution in [0.2, 0.25) is 0 Å². The van der Waals surface area contributed by atoms with Crippen molar-refractivity contribution in [1.29, 1.82) is 0 Å². The van der Waals surface area contributed by atoms with Gasteiger partial charge in [0.05, 0.1) is 13.2 Å². The molecule has 9 heteroatoms. The van der Waals surface area contributed by atoms with Crippen molar-refractivity contribution in [3.63, 3.8) is 0 Å². The average Bonchev–Trinajstić information content (AvgIpc) is 2.70. The number of hydrogen-bond acceptors (Lipinski definition) is 3. The summed E-state index contributed by atoms with van der Waals surface area (Å²) in [5.74, 6) is -0.286. The van der Waals surface area contributed by atoms with E-state index < -0.39 is 28.9 Å². The Kier molecular flexibility index (Phi) is 8.12. The number of hydrogen-bond donors (Lipinski definition) is 1. The molecule has 2 rings (SSSR count). The van der Waals surface area contributed by atoms with Crippen LogP contribution < -0.4 is 0 Å². The molecule has 0 aliphatic carbocycles. The highest BCUT2D eigenvalue weighted by atomic mass is 19.4. The molecule has 0 aliphatic rings. The Labute approximate surface area is 189 Å². The third-order valence-electron chi connectivity index (χ3n) is 5.97. The SMILES string of the molecule is CCc1cc(C(c2cc(COC)c(C)c(COC)c2)(C(F)(F)F)C(F)(F)F)cc(CC)c1O. The predicted octanol–water partition coefficient (Wildman–Crippen LogP) is 6.53. The molecule has 1 N–H and O–H groups in total. The van der Waals surface area contributed by atoms with Crippen LogP contribution in [0.1, 0.15) is 52.8 Å². The Morgan fingerprint density at radius 3 is 1.30 bits per heavy atom. The molecule has 0 bridgehead atoms. The van der Waals surface area contributed by atoms with Crippen LogP contribution in [0.25, 0.3) is 0 Å². The zero-order chi connectivity index (χ0) is 25.2. The first kappa shape index (κ1) is 27.0. The van der Waals surface area contributed by atoms with Gasteiger partial charge in [-0.15, -0.1) is 0 Å². The van der Waals surface area contributed by atoms with Crippen LogP contribution in [-0.4, -0.2) is 31.7 Å². The molecule has 0 heterocycles. The molecule has 0 amide bonds. The molecule has 0 unspecified atom stereocenters. The summed E-state index contributed by atoms with van der Waals surface area (Å²) in [7, 11) is 2.62. The summed E-state index contributed by atoms with van der Waals surface area (Å²) >= 11 is 0. The highest BCUT2D eigenvalue weighted by Gasteiger charge is 2.72. The Morgan fingerprint density at radius 1 is 0.697 bits per heavy atom. The van der Waals surface area contributed by atoms with Gasteiger partial charge in [-0.05, 0) is 58.7 Å². The highest BCUT2D eigenvalue weighted by Crippen LogP contribution is 2.57. The minimum Gasteiger partial charge on any atom is -0.507 e. The van der Waals surface area contributed by atoms with Gasteiger partial charge in [0.15, 0.2) is 0 Å². The van der Waals surface area contributed by atoms with Crippen LogP contribution in [0.3, 0.4) is 0 Å². The van der Waals surface area contributed by atoms with E-state index in [0.717, 1.165) is 24.3 Å². The van der Waals surface area contributed by atoms with Gasteiger partial charge in [-0.25, -0.2) is 0 Å². The molecule has 33 heavy (non-hydrogen) atoms. The van der Waals surface area contributed by atoms with Gasteiger partial charge in [-0.3, -0.25) is 0 Å². The maximum absolute atomic E-state index is 14.7. The summed E-state index contributed by atoms with van der Waals surface area (Å²) < 4.78 is 98.3. The number of rotatable bonds is 8. The third kappa shape index (κ3) is 4.71. The van der Waals surface area contributed by atoms with E-state index >= 15 is 0 Å². The van der Waals surface area contributed by atoms with Crippen LogP contribution >= 0.6 is 0 Å². The number of alkyl halides is 6. The maximum atomic E-state index is 14.7. The van der Waals surface area contributed by atoms with E-state index in [-0.39, 0.29) is 54.1 Å². The molecule has 184 valence electrons. The zero-order valence-electron chi connectivity index (χ0n) is 19.2. The standard InChI is InChI=1S/C24H28F6O3/c1-6-15-8-19(9-16(7-2)21(15)31)22(23(25,26)27,24(28,29)30)20-10-17(12-32-4)14(3)18(11-20)13-33-5/h8-11,31H,6-7,12-13H2,1-5H3. The lowest BCUT2D eigenvalue weighted by atomic mass is 9.70. The average molecular weight is 478 g/mol. The number of aryl methyl sites for hydroxylation is 2. The van der Waals surface area contributed by atoms with Gasteiger partial charge in [-0.2, -0.15) is 26.3 Å². The van der Waals surface area contributed by atoms with Gasteiger partial charge in [0.2, 0.25) is 5.41 Å². The van der Waals surface area contributed by atoms with Gasteiger partial charge >= 0.3 is 12.4 Å². The fourth-order valence-electron chi connectivity index (χ4n) is 4.16. The second kappa shape index (κ2) is 9.93. The summed E-state index contributed by atoms with van der Waals surface area (Å²) in [4.78, 5) is 0. The third-order valence-corrected chi connectivity index (χ3v) is 5.97. The van der Waals surface area contributed by atoms with Crippen molar-refractivity contribution in [2.24, 2.45) is 0 Å². The second-order valence-corrected chi connectivity index (χ2v) is 7.88. The number of aromatic hydroxyl groups is 1. The van der Waals surface area contributed by atoms with Gasteiger partial charge in [0.25, 0.3) is 0 Å². The molecule has 0 fully saturated rings. The van der Waals surface area contributed by atoms with E-state index in [2.05, 4.69) is 0 Å². The Bertz CT molecular complexity index is 913. The number of methoxy groups -OCH3 is 2. The quantitative estimate of drug-likeness (QED) is 0.439. The van der Waals surface area contributed by atoms with Crippen molar-refractivity contribution in [3.8, 4) is 5.75 Å². The normalized spacial score (nSPS) is 12.9. The molecule has 0 atom stereocenters. The molecule has 0 aliphatic heterocycles. The molecule has 2 aromatic rings. The van der Waals surface area contributed by atoms with Crippen LogP contribution in [0.4, 0.5) is 26.3 Å². The van der Waals surface area contributed by atoms with Crippen molar-refractivity contribution >= 4 is 0 Å². The van der Waals surface area contributed by atoms with Crippen molar-refractivity contribution in [1.82, 2.24) is 0 Å². The molecule has 0 radical (unpaired) electrons. The molecule has 0 aromatic heterocycles. The molecule has 3 nitrogen and oxygen atoms in total. The maximum Gasteiger partial charge on any atom is 0.411 e. The number of phenols is 1. The van der Waals surface area contributed by atoms with Crippen LogP contribution in [0, 0.1) is 6.92 Å². The van der Waals surface area contributed by atoms with E-state index in [1.54, 1.807) is 20.8 Å². The van der Waals surface area contributed by atoms with E-state index in [1.165, 1.54) is 14.2 Å².